The van der Waals surface area contributed by atoms with Crippen molar-refractivity contribution in [1.82, 2.24) is 4.98 Å². The first-order chi connectivity index (χ1) is 9.29. The third kappa shape index (κ3) is 2.02. The molecule has 0 fully saturated rings. The second-order valence-corrected chi connectivity index (χ2v) is 4.77. The molecule has 0 unspecified atom stereocenters. The smallest absolute Gasteiger partial charge is 0.252 e. The predicted molar refractivity (Wildman–Crippen MR) is 71.0 cm³/mol. The number of furan rings is 1. The van der Waals surface area contributed by atoms with Gasteiger partial charge < -0.3 is 9.62 Å². The Labute approximate surface area is 111 Å². The Kier molecular flexibility index (Phi) is 2.85. The van der Waals surface area contributed by atoms with Gasteiger partial charge in [-0.2, -0.15) is 0 Å². The highest BCUT2D eigenvalue weighted by molar-refractivity contribution is 7.21. The molecule has 1 aromatic carbocycles. The monoisotopic (exact) mass is 272 g/mol. The molecule has 2 heterocycles. The summed E-state index contributed by atoms with van der Waals surface area (Å²) in [4.78, 5) is 16.4. The van der Waals surface area contributed by atoms with Crippen LogP contribution in [0.4, 0.5) is 0 Å². The van der Waals surface area contributed by atoms with Crippen molar-refractivity contribution in [1.29, 1.82) is 0 Å². The lowest BCUT2D eigenvalue weighted by molar-refractivity contribution is 0.103. The molecule has 0 aliphatic carbocycles. The number of aromatic nitrogens is 1. The molecule has 0 saturated heterocycles. The van der Waals surface area contributed by atoms with E-state index in [4.69, 9.17) is 9.62 Å². The van der Waals surface area contributed by atoms with E-state index in [1.165, 1.54) is 23.7 Å². The van der Waals surface area contributed by atoms with Gasteiger partial charge in [-0.1, -0.05) is 17.3 Å². The minimum atomic E-state index is -0.494. The SMILES string of the molecule is O=C(/C(=N/O)c1nc2ccccc2s1)c1ccco1. The Balaban J connectivity index is 2.05. The highest BCUT2D eigenvalue weighted by Crippen LogP contribution is 2.23. The van der Waals surface area contributed by atoms with E-state index < -0.39 is 5.78 Å². The maximum atomic E-state index is 12.1. The molecule has 3 rings (SSSR count). The van der Waals surface area contributed by atoms with Gasteiger partial charge in [0.2, 0.25) is 0 Å². The molecule has 19 heavy (non-hydrogen) atoms. The summed E-state index contributed by atoms with van der Waals surface area (Å²) in [6.45, 7) is 0. The van der Waals surface area contributed by atoms with Crippen LogP contribution in [0, 0.1) is 0 Å². The van der Waals surface area contributed by atoms with Crippen molar-refractivity contribution in [2.24, 2.45) is 5.16 Å². The quantitative estimate of drug-likeness (QED) is 0.344. The summed E-state index contributed by atoms with van der Waals surface area (Å²) in [7, 11) is 0. The molecular formula is C13H8N2O3S. The maximum Gasteiger partial charge on any atom is 0.252 e. The van der Waals surface area contributed by atoms with Crippen LogP contribution in [0.15, 0.2) is 52.2 Å². The molecule has 5 nitrogen and oxygen atoms in total. The number of Topliss-reactive ketones (excluding diaryl/α,β-unsaturated/α-hetero) is 1. The molecule has 3 aromatic rings. The van der Waals surface area contributed by atoms with E-state index in [-0.39, 0.29) is 11.5 Å². The number of thiazole rings is 1. The number of para-hydroxylation sites is 1. The molecule has 0 spiro atoms. The Morgan fingerprint density at radius 1 is 1.26 bits per heavy atom. The zero-order valence-corrected chi connectivity index (χ0v) is 10.4. The highest BCUT2D eigenvalue weighted by atomic mass is 32.1. The lowest BCUT2D eigenvalue weighted by atomic mass is 10.2. The fourth-order valence-corrected chi connectivity index (χ4v) is 2.63. The second kappa shape index (κ2) is 4.66. The molecule has 0 bridgehead atoms. The van der Waals surface area contributed by atoms with Crippen LogP contribution in [0.5, 0.6) is 0 Å². The summed E-state index contributed by atoms with van der Waals surface area (Å²) >= 11 is 1.29. The van der Waals surface area contributed by atoms with Gasteiger partial charge in [0.05, 0.1) is 16.5 Å². The van der Waals surface area contributed by atoms with Gasteiger partial charge in [0.15, 0.2) is 16.5 Å². The first kappa shape index (κ1) is 11.6. The Hall–Kier alpha value is -2.47. The number of fused-ring (bicyclic) bond motifs is 1. The second-order valence-electron chi connectivity index (χ2n) is 3.74. The van der Waals surface area contributed by atoms with Crippen molar-refractivity contribution in [2.75, 3.05) is 0 Å². The van der Waals surface area contributed by atoms with E-state index in [2.05, 4.69) is 10.1 Å². The minimum absolute atomic E-state index is 0.115. The minimum Gasteiger partial charge on any atom is -0.461 e. The van der Waals surface area contributed by atoms with Gasteiger partial charge in [-0.25, -0.2) is 4.98 Å². The molecule has 6 heteroatoms. The predicted octanol–water partition coefficient (Wildman–Crippen LogP) is 2.95. The first-order valence-electron chi connectivity index (χ1n) is 5.46. The van der Waals surface area contributed by atoms with E-state index in [1.807, 2.05) is 24.3 Å². The topological polar surface area (TPSA) is 75.7 Å². The van der Waals surface area contributed by atoms with Gasteiger partial charge >= 0.3 is 0 Å². The number of hydrogen-bond acceptors (Lipinski definition) is 6. The largest absolute Gasteiger partial charge is 0.461 e. The van der Waals surface area contributed by atoms with Gasteiger partial charge in [-0.15, -0.1) is 11.3 Å². The first-order valence-corrected chi connectivity index (χ1v) is 6.27. The number of rotatable bonds is 3. The number of carbonyl (C=O) groups is 1. The van der Waals surface area contributed by atoms with E-state index in [1.54, 1.807) is 6.07 Å². The molecular weight excluding hydrogens is 264 g/mol. The summed E-state index contributed by atoms with van der Waals surface area (Å²) in [5.74, 6) is -0.376. The summed E-state index contributed by atoms with van der Waals surface area (Å²) in [5.41, 5.74) is 0.645. The molecule has 0 amide bonds. The number of oxime groups is 1. The van der Waals surface area contributed by atoms with Crippen molar-refractivity contribution in [3.05, 3.63) is 53.4 Å². The lowest BCUT2D eigenvalue weighted by Crippen LogP contribution is -2.15. The fraction of sp³-hybridized carbons (Fsp3) is 0. The summed E-state index contributed by atoms with van der Waals surface area (Å²) in [6, 6.07) is 10.6. The molecule has 0 saturated carbocycles. The number of carbonyl (C=O) groups excluding carboxylic acids is 1. The van der Waals surface area contributed by atoms with Crippen LogP contribution in [-0.4, -0.2) is 21.7 Å². The van der Waals surface area contributed by atoms with E-state index in [0.717, 1.165) is 10.2 Å². The standard InChI is InChI=1S/C13H8N2O3S/c16-12(9-5-3-7-18-9)11(15-17)13-14-8-4-1-2-6-10(8)19-13/h1-7,17H/b15-11-. The fourth-order valence-electron chi connectivity index (χ4n) is 1.68. The van der Waals surface area contributed by atoms with Crippen LogP contribution in [0.1, 0.15) is 15.6 Å². The number of hydrogen-bond donors (Lipinski definition) is 1. The molecule has 94 valence electrons. The van der Waals surface area contributed by atoms with Crippen LogP contribution in [0.2, 0.25) is 0 Å². The third-order valence-corrected chi connectivity index (χ3v) is 3.60. The molecule has 1 N–H and O–H groups in total. The molecule has 0 atom stereocenters. The van der Waals surface area contributed by atoms with Crippen molar-refractivity contribution in [3.8, 4) is 0 Å². The number of nitrogens with zero attached hydrogens (tertiary/aromatic N) is 2. The van der Waals surface area contributed by atoms with Crippen LogP contribution in [0.25, 0.3) is 10.2 Å². The summed E-state index contributed by atoms with van der Waals surface area (Å²) in [6.07, 6.45) is 1.39. The van der Waals surface area contributed by atoms with Gasteiger partial charge in [0.1, 0.15) is 0 Å². The molecule has 0 aliphatic rings. The third-order valence-electron chi connectivity index (χ3n) is 2.56. The Bertz CT molecular complexity index is 726. The highest BCUT2D eigenvalue weighted by Gasteiger charge is 2.22. The lowest BCUT2D eigenvalue weighted by Gasteiger charge is -1.96. The molecule has 0 aliphatic heterocycles. The Morgan fingerprint density at radius 2 is 2.11 bits per heavy atom. The Morgan fingerprint density at radius 3 is 2.79 bits per heavy atom. The van der Waals surface area contributed by atoms with Crippen molar-refractivity contribution in [3.63, 3.8) is 0 Å². The van der Waals surface area contributed by atoms with Gasteiger partial charge in [0, 0.05) is 0 Å². The zero-order chi connectivity index (χ0) is 13.2. The zero-order valence-electron chi connectivity index (χ0n) is 9.61. The van der Waals surface area contributed by atoms with Gasteiger partial charge in [-0.05, 0) is 24.3 Å². The van der Waals surface area contributed by atoms with Crippen molar-refractivity contribution >= 4 is 33.0 Å². The molecule has 0 radical (unpaired) electrons. The number of benzene rings is 1. The van der Waals surface area contributed by atoms with Crippen molar-refractivity contribution in [2.45, 2.75) is 0 Å². The molecule has 2 aromatic heterocycles. The average molecular weight is 272 g/mol. The van der Waals surface area contributed by atoms with E-state index >= 15 is 0 Å². The summed E-state index contributed by atoms with van der Waals surface area (Å²) in [5, 5.41) is 12.5. The van der Waals surface area contributed by atoms with E-state index in [9.17, 15) is 4.79 Å². The maximum absolute atomic E-state index is 12.1. The summed E-state index contributed by atoms with van der Waals surface area (Å²) < 4.78 is 5.93. The van der Waals surface area contributed by atoms with Gasteiger partial charge in [0.25, 0.3) is 5.78 Å². The van der Waals surface area contributed by atoms with Gasteiger partial charge in [-0.3, -0.25) is 4.79 Å². The normalized spacial score (nSPS) is 11.9. The van der Waals surface area contributed by atoms with Crippen LogP contribution in [0.3, 0.4) is 0 Å². The van der Waals surface area contributed by atoms with Crippen LogP contribution in [-0.2, 0) is 0 Å². The van der Waals surface area contributed by atoms with E-state index in [0.29, 0.717) is 5.01 Å². The van der Waals surface area contributed by atoms with Crippen LogP contribution < -0.4 is 0 Å². The van der Waals surface area contributed by atoms with Crippen LogP contribution >= 0.6 is 11.3 Å². The number of ketones is 1. The van der Waals surface area contributed by atoms with Crippen molar-refractivity contribution < 1.29 is 14.4 Å². The average Bonchev–Trinajstić information content (AvgIpc) is 3.08.